The molecule has 9 rings (SSSR count). The lowest BCUT2D eigenvalue weighted by atomic mass is 9.82. The number of aromatic nitrogens is 1. The van der Waals surface area contributed by atoms with Crippen LogP contribution in [0.15, 0.2) is 132 Å². The molecule has 0 amide bonds. The Hall–Kier alpha value is -5.08. The second-order valence-electron chi connectivity index (χ2n) is 11.8. The van der Waals surface area contributed by atoms with Gasteiger partial charge in [0.25, 0.3) is 0 Å². The second kappa shape index (κ2) is 7.99. The third kappa shape index (κ3) is 3.08. The van der Waals surface area contributed by atoms with E-state index in [1.165, 1.54) is 55.2 Å². The number of fused-ring (bicyclic) bond motifs is 9. The van der Waals surface area contributed by atoms with Gasteiger partial charge in [0.15, 0.2) is 0 Å². The Morgan fingerprint density at radius 1 is 0.488 bits per heavy atom. The number of benzene rings is 6. The van der Waals surface area contributed by atoms with E-state index in [0.717, 1.165) is 27.6 Å². The summed E-state index contributed by atoms with van der Waals surface area (Å²) in [5.41, 5.74) is 13.4. The molecular weight excluding hydrogens is 498 g/mol. The van der Waals surface area contributed by atoms with E-state index in [1.54, 1.807) is 0 Å². The Kier molecular flexibility index (Phi) is 4.42. The molecule has 41 heavy (non-hydrogen) atoms. The summed E-state index contributed by atoms with van der Waals surface area (Å²) in [6.45, 7) is 4.66. The minimum Gasteiger partial charge on any atom is -0.456 e. The van der Waals surface area contributed by atoms with E-state index in [4.69, 9.17) is 4.42 Å². The Labute approximate surface area is 238 Å². The molecule has 1 aliphatic carbocycles. The van der Waals surface area contributed by atoms with Crippen LogP contribution in [0.1, 0.15) is 25.0 Å². The van der Waals surface area contributed by atoms with Gasteiger partial charge in [-0.1, -0.05) is 98.8 Å². The van der Waals surface area contributed by atoms with Gasteiger partial charge >= 0.3 is 0 Å². The van der Waals surface area contributed by atoms with E-state index < -0.39 is 0 Å². The zero-order valence-corrected chi connectivity index (χ0v) is 23.0. The molecule has 194 valence electrons. The standard InChI is InChI=1S/C39H27NO/c1-39(2)33-12-6-3-9-27(33)30-21-25(17-20-34(30)39)24-15-18-26(19-16-24)40-35-13-7-4-10-28(35)31-23-38-32(22-36(31)40)29-11-5-8-14-37(29)41-38/h3-23H,1-2H3. The van der Waals surface area contributed by atoms with Crippen molar-refractivity contribution in [2.75, 3.05) is 0 Å². The maximum atomic E-state index is 6.25. The van der Waals surface area contributed by atoms with Gasteiger partial charge in [-0.15, -0.1) is 0 Å². The molecule has 0 atom stereocenters. The minimum atomic E-state index is 0.0244. The van der Waals surface area contributed by atoms with Crippen LogP contribution < -0.4 is 0 Å². The van der Waals surface area contributed by atoms with Crippen molar-refractivity contribution in [3.8, 4) is 27.9 Å². The molecule has 2 aromatic heterocycles. The molecule has 0 bridgehead atoms. The molecule has 0 radical (unpaired) electrons. The van der Waals surface area contributed by atoms with Crippen molar-refractivity contribution in [3.05, 3.63) is 139 Å². The quantitative estimate of drug-likeness (QED) is 0.219. The summed E-state index contributed by atoms with van der Waals surface area (Å²) in [6, 6.07) is 46.3. The predicted molar refractivity (Wildman–Crippen MR) is 171 cm³/mol. The van der Waals surface area contributed by atoms with Crippen LogP contribution in [0, 0.1) is 0 Å². The highest BCUT2D eigenvalue weighted by molar-refractivity contribution is 6.17. The summed E-state index contributed by atoms with van der Waals surface area (Å²) in [5.74, 6) is 0. The molecule has 0 spiro atoms. The molecule has 2 heteroatoms. The van der Waals surface area contributed by atoms with E-state index in [9.17, 15) is 0 Å². The van der Waals surface area contributed by atoms with Crippen LogP contribution in [0.2, 0.25) is 0 Å². The molecule has 8 aromatic rings. The number of furan rings is 1. The molecule has 0 fully saturated rings. The number of para-hydroxylation sites is 2. The van der Waals surface area contributed by atoms with Gasteiger partial charge in [0.2, 0.25) is 0 Å². The molecule has 0 N–H and O–H groups in total. The van der Waals surface area contributed by atoms with Crippen molar-refractivity contribution in [1.29, 1.82) is 0 Å². The normalized spacial score (nSPS) is 13.8. The van der Waals surface area contributed by atoms with Crippen molar-refractivity contribution >= 4 is 43.7 Å². The maximum absolute atomic E-state index is 6.25. The lowest BCUT2D eigenvalue weighted by Gasteiger charge is -2.21. The van der Waals surface area contributed by atoms with Crippen LogP contribution in [-0.4, -0.2) is 4.57 Å². The maximum Gasteiger partial charge on any atom is 0.136 e. The molecule has 6 aromatic carbocycles. The number of hydrogen-bond acceptors (Lipinski definition) is 1. The highest BCUT2D eigenvalue weighted by Crippen LogP contribution is 2.49. The summed E-state index contributed by atoms with van der Waals surface area (Å²) in [7, 11) is 0. The van der Waals surface area contributed by atoms with Crippen molar-refractivity contribution in [2.24, 2.45) is 0 Å². The largest absolute Gasteiger partial charge is 0.456 e. The Morgan fingerprint density at radius 3 is 2.07 bits per heavy atom. The van der Waals surface area contributed by atoms with Crippen LogP contribution >= 0.6 is 0 Å². The van der Waals surface area contributed by atoms with Crippen LogP contribution in [0.25, 0.3) is 71.7 Å². The minimum absolute atomic E-state index is 0.0244. The molecule has 0 unspecified atom stereocenters. The van der Waals surface area contributed by atoms with Crippen LogP contribution in [-0.2, 0) is 5.41 Å². The zero-order valence-electron chi connectivity index (χ0n) is 23.0. The lowest BCUT2D eigenvalue weighted by Crippen LogP contribution is -2.14. The Balaban J connectivity index is 1.21. The Bertz CT molecular complexity index is 2330. The van der Waals surface area contributed by atoms with Gasteiger partial charge in [0, 0.05) is 32.6 Å². The summed E-state index contributed by atoms with van der Waals surface area (Å²) in [4.78, 5) is 0. The van der Waals surface area contributed by atoms with Gasteiger partial charge in [-0.25, -0.2) is 0 Å². The van der Waals surface area contributed by atoms with E-state index in [1.807, 2.05) is 12.1 Å². The van der Waals surface area contributed by atoms with Gasteiger partial charge in [-0.05, 0) is 75.8 Å². The number of rotatable bonds is 2. The van der Waals surface area contributed by atoms with Crippen LogP contribution in [0.3, 0.4) is 0 Å². The zero-order chi connectivity index (χ0) is 27.3. The second-order valence-corrected chi connectivity index (χ2v) is 11.8. The molecule has 0 aliphatic heterocycles. The summed E-state index contributed by atoms with van der Waals surface area (Å²) >= 11 is 0. The molecular formula is C39H27NO. The number of nitrogens with zero attached hydrogens (tertiary/aromatic N) is 1. The van der Waals surface area contributed by atoms with Gasteiger partial charge < -0.3 is 8.98 Å². The first-order chi connectivity index (χ1) is 20.1. The van der Waals surface area contributed by atoms with Crippen LogP contribution in [0.4, 0.5) is 0 Å². The average molecular weight is 526 g/mol. The Morgan fingerprint density at radius 2 is 1.20 bits per heavy atom. The van der Waals surface area contributed by atoms with Crippen LogP contribution in [0.5, 0.6) is 0 Å². The first kappa shape index (κ1) is 22.7. The first-order valence-electron chi connectivity index (χ1n) is 14.3. The molecule has 0 saturated heterocycles. The predicted octanol–water partition coefficient (Wildman–Crippen LogP) is 10.7. The van der Waals surface area contributed by atoms with E-state index >= 15 is 0 Å². The molecule has 2 heterocycles. The number of hydrogen-bond donors (Lipinski definition) is 0. The van der Waals surface area contributed by atoms with Gasteiger partial charge in [0.1, 0.15) is 11.2 Å². The highest BCUT2D eigenvalue weighted by atomic mass is 16.3. The van der Waals surface area contributed by atoms with E-state index in [0.29, 0.717) is 0 Å². The van der Waals surface area contributed by atoms with Crippen molar-refractivity contribution in [2.45, 2.75) is 19.3 Å². The van der Waals surface area contributed by atoms with E-state index in [2.05, 4.69) is 134 Å². The third-order valence-corrected chi connectivity index (χ3v) is 9.21. The van der Waals surface area contributed by atoms with Gasteiger partial charge in [-0.2, -0.15) is 0 Å². The summed E-state index contributed by atoms with van der Waals surface area (Å²) < 4.78 is 8.63. The van der Waals surface area contributed by atoms with Crippen molar-refractivity contribution < 1.29 is 4.42 Å². The first-order valence-corrected chi connectivity index (χ1v) is 14.3. The fraction of sp³-hybridized carbons (Fsp3) is 0.0769. The van der Waals surface area contributed by atoms with E-state index in [-0.39, 0.29) is 5.41 Å². The topological polar surface area (TPSA) is 18.1 Å². The average Bonchev–Trinajstić information content (AvgIpc) is 3.61. The summed E-state index contributed by atoms with van der Waals surface area (Å²) in [6.07, 6.45) is 0. The van der Waals surface area contributed by atoms with Gasteiger partial charge in [-0.3, -0.25) is 0 Å². The smallest absolute Gasteiger partial charge is 0.136 e. The molecule has 2 nitrogen and oxygen atoms in total. The monoisotopic (exact) mass is 525 g/mol. The highest BCUT2D eigenvalue weighted by Gasteiger charge is 2.35. The summed E-state index contributed by atoms with van der Waals surface area (Å²) in [5, 5.41) is 4.73. The fourth-order valence-electron chi connectivity index (χ4n) is 7.17. The lowest BCUT2D eigenvalue weighted by molar-refractivity contribution is 0.660. The fourth-order valence-corrected chi connectivity index (χ4v) is 7.17. The SMILES string of the molecule is CC1(C)c2ccccc2-c2cc(-c3ccc(-n4c5ccccc5c5cc6oc7ccccc7c6cc54)cc3)ccc21. The molecule has 0 saturated carbocycles. The molecule has 1 aliphatic rings. The third-order valence-electron chi connectivity index (χ3n) is 9.21. The van der Waals surface area contributed by atoms with Crippen molar-refractivity contribution in [1.82, 2.24) is 4.57 Å². The van der Waals surface area contributed by atoms with Crippen molar-refractivity contribution in [3.63, 3.8) is 0 Å². The van der Waals surface area contributed by atoms with Gasteiger partial charge in [0.05, 0.1) is 11.0 Å².